The molecule has 0 aliphatic carbocycles. The molecule has 0 rings (SSSR count). The fourth-order valence-corrected chi connectivity index (χ4v) is 2.45. The first-order valence-corrected chi connectivity index (χ1v) is 9.08. The summed E-state index contributed by atoms with van der Waals surface area (Å²) in [6, 6.07) is 0. The highest BCUT2D eigenvalue weighted by atomic mass is 32.2. The smallest absolute Gasteiger partial charge is 0.344 e. The molecule has 0 aliphatic rings. The minimum Gasteiger partial charge on any atom is -0.344 e. The molecule has 22 heteroatoms. The van der Waals surface area contributed by atoms with Crippen molar-refractivity contribution in [3.63, 3.8) is 0 Å². The van der Waals surface area contributed by atoms with E-state index in [4.69, 9.17) is 4.55 Å². The van der Waals surface area contributed by atoms with E-state index in [2.05, 4.69) is 0 Å². The Hall–Kier alpha value is -1.32. The van der Waals surface area contributed by atoms with E-state index in [0.717, 1.165) is 0 Å². The van der Waals surface area contributed by atoms with Crippen molar-refractivity contribution in [1.82, 2.24) is 6.15 Å². The average Bonchev–Trinajstić information content (AvgIpc) is 2.55. The quantitative estimate of drug-likeness (QED) is 0.167. The van der Waals surface area contributed by atoms with Crippen LogP contribution in [-0.2, 0) is 10.1 Å². The summed E-state index contributed by atoms with van der Waals surface area (Å²) in [5.74, 6) is -48.1. The lowest BCUT2D eigenvalue weighted by molar-refractivity contribution is -0.436. The lowest BCUT2D eigenvalue weighted by Gasteiger charge is -2.42. The Balaban J connectivity index is 0. The largest absolute Gasteiger partial charge is 0.438 e. The number of unbranched alkanes of at least 4 members (excludes halogenated alkanes) is 1. The maximum absolute atomic E-state index is 13.5. The van der Waals surface area contributed by atoms with Gasteiger partial charge < -0.3 is 6.15 Å². The second-order valence-corrected chi connectivity index (χ2v) is 7.85. The van der Waals surface area contributed by atoms with E-state index in [0.29, 0.717) is 0 Å². The van der Waals surface area contributed by atoms with Crippen LogP contribution in [0.5, 0.6) is 0 Å². The van der Waals surface area contributed by atoms with Gasteiger partial charge >= 0.3 is 57.1 Å². The van der Waals surface area contributed by atoms with Gasteiger partial charge in [-0.2, -0.15) is 83.1 Å². The van der Waals surface area contributed by atoms with Crippen molar-refractivity contribution >= 4 is 10.1 Å². The van der Waals surface area contributed by atoms with E-state index in [1.165, 1.54) is 0 Å². The third-order valence-electron chi connectivity index (χ3n) is 3.93. The van der Waals surface area contributed by atoms with E-state index in [-0.39, 0.29) is 6.15 Å². The molecule has 0 aromatic heterocycles. The fourth-order valence-electron chi connectivity index (χ4n) is 2.00. The number of hydrogen-bond donors (Lipinski definition) is 2. The van der Waals surface area contributed by atoms with Gasteiger partial charge in [0.05, 0.1) is 0 Å². The lowest BCUT2D eigenvalue weighted by atomic mass is 9.89. The molecule has 4 N–H and O–H groups in total. The molecule has 0 atom stereocenters. The molecule has 0 radical (unpaired) electrons. The molecule has 0 bridgehead atoms. The van der Waals surface area contributed by atoms with E-state index in [1.54, 1.807) is 0 Å². The lowest BCUT2D eigenvalue weighted by Crippen LogP contribution is -2.73. The molecule has 0 saturated carbocycles. The molecule has 208 valence electrons. The molecule has 0 saturated heterocycles. The average molecular weight is 573 g/mol. The van der Waals surface area contributed by atoms with Gasteiger partial charge in [0, 0.05) is 12.8 Å². The zero-order valence-electron chi connectivity index (χ0n) is 15.6. The van der Waals surface area contributed by atoms with Gasteiger partial charge in [-0.05, 0) is 12.8 Å². The van der Waals surface area contributed by atoms with Gasteiger partial charge in [0.15, 0.2) is 0 Å². The molecular formula is C12H12F17NO3S. The molecule has 34 heavy (non-hydrogen) atoms. The highest BCUT2D eigenvalue weighted by Gasteiger charge is 2.94. The minimum absolute atomic E-state index is 0. The Bertz CT molecular complexity index is 805. The van der Waals surface area contributed by atoms with Crippen LogP contribution >= 0.6 is 0 Å². The van der Waals surface area contributed by atoms with Gasteiger partial charge in [0.1, 0.15) is 0 Å². The highest BCUT2D eigenvalue weighted by Crippen LogP contribution is 2.63. The van der Waals surface area contributed by atoms with E-state index < -0.39 is 82.8 Å². The van der Waals surface area contributed by atoms with Crippen molar-refractivity contribution in [3.8, 4) is 0 Å². The third-order valence-corrected chi connectivity index (χ3v) is 4.83. The summed E-state index contributed by atoms with van der Waals surface area (Å²) in [6.45, 7) is 0. The van der Waals surface area contributed by atoms with Crippen LogP contribution in [0.15, 0.2) is 0 Å². The summed E-state index contributed by atoms with van der Waals surface area (Å²) in [5.41, 5.74) is 0. The predicted octanol–water partition coefficient (Wildman–Crippen LogP) is 6.56. The Morgan fingerprint density at radius 3 is 1.12 bits per heavy atom. The molecule has 0 amide bonds. The van der Waals surface area contributed by atoms with Crippen molar-refractivity contribution in [2.75, 3.05) is 0 Å². The maximum atomic E-state index is 13.5. The summed E-state index contributed by atoms with van der Waals surface area (Å²) in [6.07, 6.45) is -13.1. The Kier molecular flexibility index (Phi) is 9.51. The number of alkyl halides is 17. The molecule has 0 aromatic carbocycles. The van der Waals surface area contributed by atoms with Crippen molar-refractivity contribution < 1.29 is 87.6 Å². The van der Waals surface area contributed by atoms with Crippen LogP contribution in [0.2, 0.25) is 0 Å². The first-order chi connectivity index (χ1) is 14.0. The van der Waals surface area contributed by atoms with E-state index >= 15 is 0 Å². The molecule has 0 fully saturated rings. The Labute approximate surface area is 177 Å². The number of hydrogen-bond acceptors (Lipinski definition) is 3. The van der Waals surface area contributed by atoms with Crippen LogP contribution in [0.4, 0.5) is 74.6 Å². The van der Waals surface area contributed by atoms with Gasteiger partial charge in [-0.15, -0.1) is 0 Å². The molecule has 0 heterocycles. The summed E-state index contributed by atoms with van der Waals surface area (Å²) in [4.78, 5) is 0. The van der Waals surface area contributed by atoms with Gasteiger partial charge in [-0.1, -0.05) is 0 Å². The summed E-state index contributed by atoms with van der Waals surface area (Å²) >= 11 is 0. The second kappa shape index (κ2) is 9.28. The molecule has 0 aromatic rings. The first kappa shape index (κ1) is 34.8. The van der Waals surface area contributed by atoms with Crippen molar-refractivity contribution in [3.05, 3.63) is 0 Å². The summed E-state index contributed by atoms with van der Waals surface area (Å²) in [7, 11) is -7.81. The number of halogens is 17. The number of rotatable bonds is 11. The van der Waals surface area contributed by atoms with E-state index in [9.17, 15) is 83.1 Å². The maximum Gasteiger partial charge on any atom is 0.438 e. The SMILES string of the molecule is N.O=S(=O)(O)C(F)(F)C(F)(F)C(F)(F)C(F)(F)C(F)(F)C(F)(F)C(F)(F)CCCCC(F)(F)F. The minimum atomic E-state index is -8.56. The first-order valence-electron chi connectivity index (χ1n) is 7.64. The summed E-state index contributed by atoms with van der Waals surface area (Å²) in [5, 5.41) is -7.72. The fraction of sp³-hybridized carbons (Fsp3) is 1.00. The highest BCUT2D eigenvalue weighted by molar-refractivity contribution is 7.87. The third kappa shape index (κ3) is 5.41. The van der Waals surface area contributed by atoms with Crippen LogP contribution in [0, 0.1) is 0 Å². The zero-order valence-corrected chi connectivity index (χ0v) is 16.4. The van der Waals surface area contributed by atoms with Crippen LogP contribution in [-0.4, -0.2) is 59.9 Å². The Morgan fingerprint density at radius 2 is 0.794 bits per heavy atom. The monoisotopic (exact) mass is 573 g/mol. The molecular weight excluding hydrogens is 561 g/mol. The molecule has 4 nitrogen and oxygen atoms in total. The summed E-state index contributed by atoms with van der Waals surface area (Å²) < 4.78 is 250. The van der Waals surface area contributed by atoms with Gasteiger partial charge in [-0.25, -0.2) is 0 Å². The predicted molar refractivity (Wildman–Crippen MR) is 75.7 cm³/mol. The molecule has 0 aliphatic heterocycles. The normalized spacial score (nSPS) is 15.8. The van der Waals surface area contributed by atoms with Crippen molar-refractivity contribution in [1.29, 1.82) is 0 Å². The standard InChI is InChI=1S/C12H9F17O3S.H3N/c13-5(14,3-1-2-4-6(15,16)17)7(18,19)8(20,21)9(22,23)10(24,25)11(26,27)12(28,29)33(30,31)32;/h1-4H2,(H,30,31,32);1H3. The van der Waals surface area contributed by atoms with E-state index in [1.807, 2.05) is 0 Å². The van der Waals surface area contributed by atoms with Crippen LogP contribution in [0.25, 0.3) is 0 Å². The van der Waals surface area contributed by atoms with Gasteiger partial charge in [0.2, 0.25) is 0 Å². The second-order valence-electron chi connectivity index (χ2n) is 6.39. The van der Waals surface area contributed by atoms with Gasteiger partial charge in [0.25, 0.3) is 0 Å². The van der Waals surface area contributed by atoms with Crippen molar-refractivity contribution in [2.24, 2.45) is 0 Å². The topological polar surface area (TPSA) is 89.4 Å². The van der Waals surface area contributed by atoms with Crippen LogP contribution in [0.1, 0.15) is 25.7 Å². The van der Waals surface area contributed by atoms with Gasteiger partial charge in [-0.3, -0.25) is 4.55 Å². The zero-order chi connectivity index (χ0) is 27.3. The van der Waals surface area contributed by atoms with Crippen LogP contribution in [0.3, 0.4) is 0 Å². The molecule has 0 spiro atoms. The Morgan fingerprint density at radius 1 is 0.500 bits per heavy atom. The molecule has 0 unspecified atom stereocenters. The van der Waals surface area contributed by atoms with Crippen molar-refractivity contribution in [2.45, 2.75) is 72.6 Å². The van der Waals surface area contributed by atoms with Crippen LogP contribution < -0.4 is 6.15 Å².